The fourth-order valence-corrected chi connectivity index (χ4v) is 1.03. The lowest BCUT2D eigenvalue weighted by molar-refractivity contribution is 0.770. The molecule has 0 aromatic carbocycles. The lowest BCUT2D eigenvalue weighted by Gasteiger charge is -2.00. The van der Waals surface area contributed by atoms with E-state index in [-0.39, 0.29) is 0 Å². The molecule has 2 heterocycles. The zero-order valence-electron chi connectivity index (χ0n) is 6.23. The van der Waals surface area contributed by atoms with Crippen LogP contribution in [0.1, 0.15) is 0 Å². The molecule has 1 radical (unpaired) electrons. The van der Waals surface area contributed by atoms with Gasteiger partial charge < -0.3 is 4.57 Å². The summed E-state index contributed by atoms with van der Waals surface area (Å²) in [5, 5.41) is 4.06. The average molecular weight is 146 g/mol. The van der Waals surface area contributed by atoms with E-state index in [1.165, 1.54) is 0 Å². The van der Waals surface area contributed by atoms with Crippen LogP contribution in [0.5, 0.6) is 0 Å². The molecule has 0 spiro atoms. The van der Waals surface area contributed by atoms with Crippen molar-refractivity contribution in [2.75, 3.05) is 0 Å². The fraction of sp³-hybridized carbons (Fsp3) is 0.125. The van der Waals surface area contributed by atoms with Crippen molar-refractivity contribution in [3.63, 3.8) is 0 Å². The van der Waals surface area contributed by atoms with Crippen LogP contribution in [0.3, 0.4) is 0 Å². The van der Waals surface area contributed by atoms with E-state index >= 15 is 0 Å². The van der Waals surface area contributed by atoms with E-state index in [0.29, 0.717) is 0 Å². The molecule has 0 aliphatic carbocycles. The molecule has 0 atom stereocenters. The first-order valence-electron chi connectivity index (χ1n) is 3.41. The maximum atomic E-state index is 4.06. The van der Waals surface area contributed by atoms with E-state index in [9.17, 15) is 0 Å². The van der Waals surface area contributed by atoms with Crippen molar-refractivity contribution in [3.05, 3.63) is 36.8 Å². The van der Waals surface area contributed by atoms with Gasteiger partial charge >= 0.3 is 0 Å². The lowest BCUT2D eigenvalue weighted by Crippen LogP contribution is -2.00. The third kappa shape index (κ3) is 0.941. The minimum absolute atomic E-state index is 1.02. The van der Waals surface area contributed by atoms with Crippen LogP contribution < -0.4 is 0 Å². The first-order valence-corrected chi connectivity index (χ1v) is 3.41. The second-order valence-corrected chi connectivity index (χ2v) is 2.35. The molecular weight excluding hydrogens is 138 g/mol. The van der Waals surface area contributed by atoms with Crippen LogP contribution in [0.25, 0.3) is 5.82 Å². The van der Waals surface area contributed by atoms with Crippen LogP contribution in [-0.2, 0) is 7.05 Å². The zero-order valence-corrected chi connectivity index (χ0v) is 6.23. The summed E-state index contributed by atoms with van der Waals surface area (Å²) in [5.74, 6) is 1.02. The number of hydrogen-bond donors (Lipinski definition) is 0. The number of aromatic nitrogens is 3. The van der Waals surface area contributed by atoms with Gasteiger partial charge in [-0.25, -0.2) is 4.68 Å². The third-order valence-corrected chi connectivity index (χ3v) is 1.59. The molecular formula is C8H8N3. The molecule has 2 aromatic rings. The summed E-state index contributed by atoms with van der Waals surface area (Å²) in [6.07, 6.45) is 6.66. The summed E-state index contributed by atoms with van der Waals surface area (Å²) in [4.78, 5) is 0. The van der Waals surface area contributed by atoms with Crippen LogP contribution in [0.4, 0.5) is 0 Å². The molecule has 3 heteroatoms. The van der Waals surface area contributed by atoms with Crippen molar-refractivity contribution in [2.45, 2.75) is 0 Å². The Kier molecular flexibility index (Phi) is 1.28. The van der Waals surface area contributed by atoms with Crippen LogP contribution in [0, 0.1) is 6.20 Å². The molecule has 0 saturated carbocycles. The van der Waals surface area contributed by atoms with E-state index in [2.05, 4.69) is 11.3 Å². The van der Waals surface area contributed by atoms with E-state index in [4.69, 9.17) is 0 Å². The highest BCUT2D eigenvalue weighted by atomic mass is 15.3. The van der Waals surface area contributed by atoms with Crippen LogP contribution in [-0.4, -0.2) is 14.3 Å². The quantitative estimate of drug-likeness (QED) is 0.588. The smallest absolute Gasteiger partial charge is 0.134 e. The average Bonchev–Trinajstić information content (AvgIpc) is 2.55. The van der Waals surface area contributed by atoms with Crippen molar-refractivity contribution in [1.29, 1.82) is 0 Å². The normalized spacial score (nSPS) is 10.3. The standard InChI is InChI=1S/C8H8N3/c1-10-6-2-4-8(10)11-7-3-5-9-11/h2-6H,1H3. The second-order valence-electron chi connectivity index (χ2n) is 2.35. The van der Waals surface area contributed by atoms with E-state index < -0.39 is 0 Å². The summed E-state index contributed by atoms with van der Waals surface area (Å²) in [6.45, 7) is 0. The predicted molar refractivity (Wildman–Crippen MR) is 41.4 cm³/mol. The Bertz CT molecular complexity index is 332. The summed E-state index contributed by atoms with van der Waals surface area (Å²) < 4.78 is 3.70. The predicted octanol–water partition coefficient (Wildman–Crippen LogP) is 1.01. The molecule has 0 N–H and O–H groups in total. The molecule has 0 aliphatic rings. The third-order valence-electron chi connectivity index (χ3n) is 1.59. The zero-order chi connectivity index (χ0) is 7.68. The van der Waals surface area contributed by atoms with Gasteiger partial charge in [-0.3, -0.25) is 0 Å². The number of nitrogens with zero attached hydrogens (tertiary/aromatic N) is 3. The molecule has 55 valence electrons. The Hall–Kier alpha value is -1.51. The van der Waals surface area contributed by atoms with Gasteiger partial charge in [-0.15, -0.1) is 0 Å². The van der Waals surface area contributed by atoms with Crippen molar-refractivity contribution in [3.8, 4) is 5.82 Å². The first-order chi connectivity index (χ1) is 5.38. The topological polar surface area (TPSA) is 22.8 Å². The van der Waals surface area contributed by atoms with Gasteiger partial charge in [-0.2, -0.15) is 5.10 Å². The number of hydrogen-bond acceptors (Lipinski definition) is 1. The lowest BCUT2D eigenvalue weighted by atomic mass is 10.6. The van der Waals surface area contributed by atoms with Gasteiger partial charge in [-0.1, -0.05) is 0 Å². The van der Waals surface area contributed by atoms with Gasteiger partial charge in [0.05, 0.1) is 12.4 Å². The van der Waals surface area contributed by atoms with E-state index in [1.54, 1.807) is 16.9 Å². The van der Waals surface area contributed by atoms with Crippen LogP contribution in [0.15, 0.2) is 30.6 Å². The number of rotatable bonds is 1. The Labute approximate surface area is 64.9 Å². The highest BCUT2D eigenvalue weighted by Crippen LogP contribution is 2.03. The molecule has 0 bridgehead atoms. The Balaban J connectivity index is 2.53. The van der Waals surface area contributed by atoms with Gasteiger partial charge in [0.1, 0.15) is 5.82 Å². The molecule has 2 aromatic heterocycles. The molecule has 0 amide bonds. The van der Waals surface area contributed by atoms with Gasteiger partial charge in [0.15, 0.2) is 0 Å². The van der Waals surface area contributed by atoms with Crippen molar-refractivity contribution < 1.29 is 0 Å². The highest BCUT2D eigenvalue weighted by Gasteiger charge is 1.97. The molecule has 3 nitrogen and oxygen atoms in total. The highest BCUT2D eigenvalue weighted by molar-refractivity contribution is 5.22. The minimum Gasteiger partial charge on any atom is -0.336 e. The largest absolute Gasteiger partial charge is 0.336 e. The summed E-state index contributed by atoms with van der Waals surface area (Å²) in [5.41, 5.74) is 0. The second kappa shape index (κ2) is 2.27. The minimum atomic E-state index is 1.02. The first kappa shape index (κ1) is 6.22. The van der Waals surface area contributed by atoms with E-state index in [0.717, 1.165) is 5.82 Å². The van der Waals surface area contributed by atoms with Crippen molar-refractivity contribution in [2.24, 2.45) is 7.05 Å². The van der Waals surface area contributed by atoms with Crippen LogP contribution >= 0.6 is 0 Å². The fourth-order valence-electron chi connectivity index (χ4n) is 1.03. The van der Waals surface area contributed by atoms with Crippen molar-refractivity contribution >= 4 is 0 Å². The molecule has 0 unspecified atom stereocenters. The van der Waals surface area contributed by atoms with Gasteiger partial charge in [0, 0.05) is 13.2 Å². The van der Waals surface area contributed by atoms with E-state index in [1.807, 2.05) is 29.9 Å². The Morgan fingerprint density at radius 1 is 1.55 bits per heavy atom. The van der Waals surface area contributed by atoms with Crippen molar-refractivity contribution in [1.82, 2.24) is 14.3 Å². The SMILES string of the molecule is Cn1cccc1-n1[c]ccn1. The molecule has 11 heavy (non-hydrogen) atoms. The summed E-state index contributed by atoms with van der Waals surface area (Å²) in [6, 6.07) is 5.75. The van der Waals surface area contributed by atoms with Gasteiger partial charge in [0.2, 0.25) is 0 Å². The molecule has 0 saturated heterocycles. The molecule has 0 fully saturated rings. The van der Waals surface area contributed by atoms with Gasteiger partial charge in [0.25, 0.3) is 0 Å². The molecule has 0 aliphatic heterocycles. The maximum Gasteiger partial charge on any atom is 0.134 e. The summed E-state index contributed by atoms with van der Waals surface area (Å²) in [7, 11) is 1.98. The maximum absolute atomic E-state index is 4.06. The van der Waals surface area contributed by atoms with Crippen LogP contribution in [0.2, 0.25) is 0 Å². The number of aryl methyl sites for hydroxylation is 1. The monoisotopic (exact) mass is 146 g/mol. The Morgan fingerprint density at radius 2 is 2.45 bits per heavy atom. The summed E-state index contributed by atoms with van der Waals surface area (Å²) >= 11 is 0. The van der Waals surface area contributed by atoms with Gasteiger partial charge in [-0.05, 0) is 18.2 Å². The Morgan fingerprint density at radius 3 is 3.00 bits per heavy atom. The molecule has 2 rings (SSSR count).